The lowest BCUT2D eigenvalue weighted by molar-refractivity contribution is 0.298. The topological polar surface area (TPSA) is 52.2 Å². The van der Waals surface area contributed by atoms with Gasteiger partial charge in [0.15, 0.2) is 0 Å². The summed E-state index contributed by atoms with van der Waals surface area (Å²) >= 11 is 0. The minimum absolute atomic E-state index is 0.645. The van der Waals surface area contributed by atoms with Gasteiger partial charge in [0.1, 0.15) is 11.5 Å². The molecule has 2 rings (SSSR count). The molecule has 2 aromatic rings. The molecule has 0 unspecified atom stereocenters. The van der Waals surface area contributed by atoms with Gasteiger partial charge in [-0.2, -0.15) is 5.26 Å². The summed E-state index contributed by atoms with van der Waals surface area (Å²) < 4.78 is 5.85. The van der Waals surface area contributed by atoms with Gasteiger partial charge in [0, 0.05) is 18.7 Å². The number of nitrogens with zero attached hydrogens (tertiary/aromatic N) is 2. The van der Waals surface area contributed by atoms with Crippen molar-refractivity contribution in [3.8, 4) is 17.4 Å². The molecule has 0 fully saturated rings. The van der Waals surface area contributed by atoms with Crippen molar-refractivity contribution < 1.29 is 4.42 Å². The van der Waals surface area contributed by atoms with Gasteiger partial charge in [-0.3, -0.25) is 4.90 Å². The third-order valence-corrected chi connectivity index (χ3v) is 3.11. The van der Waals surface area contributed by atoms with Crippen molar-refractivity contribution in [1.82, 2.24) is 10.2 Å². The average Bonchev–Trinajstić information content (AvgIpc) is 2.93. The van der Waals surface area contributed by atoms with Gasteiger partial charge in [0.2, 0.25) is 0 Å². The quantitative estimate of drug-likeness (QED) is 0.875. The second kappa shape index (κ2) is 6.90. The first-order chi connectivity index (χ1) is 9.72. The maximum Gasteiger partial charge on any atom is 0.134 e. The van der Waals surface area contributed by atoms with Crippen LogP contribution in [0.2, 0.25) is 0 Å². The maximum absolute atomic E-state index is 8.92. The lowest BCUT2D eigenvalue weighted by atomic mass is 10.1. The molecule has 0 spiro atoms. The molecule has 0 aliphatic heterocycles. The predicted octanol–water partition coefficient (Wildman–Crippen LogP) is 2.47. The first-order valence-electron chi connectivity index (χ1n) is 6.65. The fourth-order valence-electron chi connectivity index (χ4n) is 2.01. The van der Waals surface area contributed by atoms with Gasteiger partial charge in [-0.1, -0.05) is 12.1 Å². The third kappa shape index (κ3) is 3.70. The Morgan fingerprint density at radius 1 is 1.30 bits per heavy atom. The molecular formula is C16H19N3O. The molecule has 1 aromatic heterocycles. The number of benzene rings is 1. The number of hydrogen-bond donors (Lipinski definition) is 1. The second-order valence-electron chi connectivity index (χ2n) is 4.80. The van der Waals surface area contributed by atoms with Gasteiger partial charge in [-0.15, -0.1) is 0 Å². The molecule has 0 aliphatic carbocycles. The summed E-state index contributed by atoms with van der Waals surface area (Å²) in [5.41, 5.74) is 1.58. The van der Waals surface area contributed by atoms with Crippen molar-refractivity contribution >= 4 is 0 Å². The maximum atomic E-state index is 8.92. The molecule has 0 amide bonds. The minimum Gasteiger partial charge on any atom is -0.460 e. The summed E-state index contributed by atoms with van der Waals surface area (Å²) in [6.07, 6.45) is 0. The number of hydrogen-bond acceptors (Lipinski definition) is 4. The highest BCUT2D eigenvalue weighted by Crippen LogP contribution is 2.23. The molecule has 20 heavy (non-hydrogen) atoms. The van der Waals surface area contributed by atoms with Gasteiger partial charge in [0.05, 0.1) is 18.2 Å². The monoisotopic (exact) mass is 269 g/mol. The van der Waals surface area contributed by atoms with Crippen LogP contribution >= 0.6 is 0 Å². The molecule has 1 heterocycles. The Labute approximate surface area is 119 Å². The zero-order valence-corrected chi connectivity index (χ0v) is 11.9. The van der Waals surface area contributed by atoms with Crippen LogP contribution in [-0.2, 0) is 6.54 Å². The molecule has 4 nitrogen and oxygen atoms in total. The Morgan fingerprint density at radius 2 is 2.15 bits per heavy atom. The summed E-state index contributed by atoms with van der Waals surface area (Å²) in [6, 6.07) is 13.5. The van der Waals surface area contributed by atoms with E-state index in [1.807, 2.05) is 37.4 Å². The van der Waals surface area contributed by atoms with Gasteiger partial charge < -0.3 is 9.73 Å². The lowest BCUT2D eigenvalue weighted by Gasteiger charge is -2.14. The van der Waals surface area contributed by atoms with Crippen molar-refractivity contribution in [2.75, 3.05) is 27.2 Å². The normalized spacial score (nSPS) is 10.7. The van der Waals surface area contributed by atoms with E-state index in [-0.39, 0.29) is 0 Å². The number of rotatable bonds is 6. The SMILES string of the molecule is CNCCN(C)Cc1ccc(-c2cccc(C#N)c2)o1. The first-order valence-corrected chi connectivity index (χ1v) is 6.65. The standard InChI is InChI=1S/C16H19N3O/c1-18-8-9-19(2)12-15-6-7-16(20-15)14-5-3-4-13(10-14)11-17/h3-7,10,18H,8-9,12H2,1-2H3. The first kappa shape index (κ1) is 14.3. The van der Waals surface area contributed by atoms with E-state index in [2.05, 4.69) is 23.3 Å². The molecule has 0 saturated heterocycles. The fourth-order valence-corrected chi connectivity index (χ4v) is 2.01. The van der Waals surface area contributed by atoms with Crippen LogP contribution in [0, 0.1) is 11.3 Å². The lowest BCUT2D eigenvalue weighted by Crippen LogP contribution is -2.26. The Bertz CT molecular complexity index is 598. The van der Waals surface area contributed by atoms with Crippen molar-refractivity contribution in [2.24, 2.45) is 0 Å². The molecule has 0 saturated carbocycles. The Hall–Kier alpha value is -2.09. The minimum atomic E-state index is 0.645. The van der Waals surface area contributed by atoms with E-state index in [0.717, 1.165) is 36.7 Å². The second-order valence-corrected chi connectivity index (χ2v) is 4.80. The van der Waals surface area contributed by atoms with Crippen LogP contribution in [0.5, 0.6) is 0 Å². The fraction of sp³-hybridized carbons (Fsp3) is 0.312. The van der Waals surface area contributed by atoms with E-state index < -0.39 is 0 Å². The van der Waals surface area contributed by atoms with Crippen molar-refractivity contribution in [2.45, 2.75) is 6.54 Å². The van der Waals surface area contributed by atoms with Crippen molar-refractivity contribution in [3.05, 3.63) is 47.7 Å². The molecule has 0 radical (unpaired) electrons. The molecule has 104 valence electrons. The summed E-state index contributed by atoms with van der Waals surface area (Å²) in [5.74, 6) is 1.74. The van der Waals surface area contributed by atoms with Crippen LogP contribution < -0.4 is 5.32 Å². The number of furan rings is 1. The number of likely N-dealkylation sites (N-methyl/N-ethyl adjacent to an activating group) is 2. The summed E-state index contributed by atoms with van der Waals surface area (Å²) in [7, 11) is 4.01. The van der Waals surface area contributed by atoms with Crippen LogP contribution in [0.3, 0.4) is 0 Å². The van der Waals surface area contributed by atoms with Crippen LogP contribution in [-0.4, -0.2) is 32.1 Å². The highest BCUT2D eigenvalue weighted by Gasteiger charge is 2.07. The van der Waals surface area contributed by atoms with E-state index in [1.165, 1.54) is 0 Å². The summed E-state index contributed by atoms with van der Waals surface area (Å²) in [4.78, 5) is 2.20. The molecule has 4 heteroatoms. The van der Waals surface area contributed by atoms with Gasteiger partial charge in [-0.05, 0) is 38.4 Å². The Balaban J connectivity index is 2.06. The molecule has 0 aliphatic rings. The molecule has 0 atom stereocenters. The smallest absolute Gasteiger partial charge is 0.134 e. The Kier molecular flexibility index (Phi) is 4.94. The van der Waals surface area contributed by atoms with E-state index in [4.69, 9.17) is 9.68 Å². The van der Waals surface area contributed by atoms with Crippen LogP contribution in [0.25, 0.3) is 11.3 Å². The predicted molar refractivity (Wildman–Crippen MR) is 79.1 cm³/mol. The highest BCUT2D eigenvalue weighted by atomic mass is 16.3. The van der Waals surface area contributed by atoms with Crippen molar-refractivity contribution in [1.29, 1.82) is 5.26 Å². The van der Waals surface area contributed by atoms with Gasteiger partial charge >= 0.3 is 0 Å². The van der Waals surface area contributed by atoms with E-state index in [9.17, 15) is 0 Å². The summed E-state index contributed by atoms with van der Waals surface area (Å²) in [6.45, 7) is 2.70. The van der Waals surface area contributed by atoms with E-state index in [0.29, 0.717) is 5.56 Å². The molecule has 0 bridgehead atoms. The third-order valence-electron chi connectivity index (χ3n) is 3.11. The van der Waals surface area contributed by atoms with Crippen LogP contribution in [0.4, 0.5) is 0 Å². The summed E-state index contributed by atoms with van der Waals surface area (Å²) in [5, 5.41) is 12.0. The Morgan fingerprint density at radius 3 is 2.90 bits per heavy atom. The zero-order chi connectivity index (χ0) is 14.4. The van der Waals surface area contributed by atoms with Gasteiger partial charge in [0.25, 0.3) is 0 Å². The largest absolute Gasteiger partial charge is 0.460 e. The van der Waals surface area contributed by atoms with E-state index in [1.54, 1.807) is 6.07 Å². The molecule has 1 N–H and O–H groups in total. The molecular weight excluding hydrogens is 250 g/mol. The zero-order valence-electron chi connectivity index (χ0n) is 11.9. The van der Waals surface area contributed by atoms with Crippen molar-refractivity contribution in [3.63, 3.8) is 0 Å². The number of nitriles is 1. The average molecular weight is 269 g/mol. The van der Waals surface area contributed by atoms with Crippen LogP contribution in [0.1, 0.15) is 11.3 Å². The molecule has 1 aromatic carbocycles. The highest BCUT2D eigenvalue weighted by molar-refractivity contribution is 5.60. The van der Waals surface area contributed by atoms with Crippen LogP contribution in [0.15, 0.2) is 40.8 Å². The van der Waals surface area contributed by atoms with Gasteiger partial charge in [-0.25, -0.2) is 0 Å². The number of nitrogens with one attached hydrogen (secondary N) is 1. The van der Waals surface area contributed by atoms with E-state index >= 15 is 0 Å².